The molecule has 0 bridgehead atoms. The van der Waals surface area contributed by atoms with E-state index >= 15 is 0 Å². The second kappa shape index (κ2) is 7.81. The highest BCUT2D eigenvalue weighted by atomic mass is 35.5. The summed E-state index contributed by atoms with van der Waals surface area (Å²) < 4.78 is 13.6. The van der Waals surface area contributed by atoms with Crippen molar-refractivity contribution in [1.82, 2.24) is 19.7 Å². The number of pyridine rings is 1. The summed E-state index contributed by atoms with van der Waals surface area (Å²) in [7, 11) is 3.63. The molecule has 0 fully saturated rings. The van der Waals surface area contributed by atoms with Crippen LogP contribution in [0.25, 0.3) is 11.3 Å². The molecule has 28 heavy (non-hydrogen) atoms. The lowest BCUT2D eigenvalue weighted by Gasteiger charge is -2.19. The van der Waals surface area contributed by atoms with E-state index in [4.69, 9.17) is 21.1 Å². The third-order valence-corrected chi connectivity index (χ3v) is 5.38. The van der Waals surface area contributed by atoms with Gasteiger partial charge in [-0.15, -0.1) is 0 Å². The normalized spacial score (nSPS) is 14.3. The number of halogens is 1. The van der Waals surface area contributed by atoms with Crippen molar-refractivity contribution >= 4 is 11.6 Å². The van der Waals surface area contributed by atoms with E-state index in [0.29, 0.717) is 11.6 Å². The van der Waals surface area contributed by atoms with E-state index in [1.807, 2.05) is 36.1 Å². The van der Waals surface area contributed by atoms with E-state index < -0.39 is 0 Å². The molecule has 0 saturated heterocycles. The molecule has 0 saturated carbocycles. The molecule has 0 radical (unpaired) electrons. The van der Waals surface area contributed by atoms with Crippen LogP contribution in [0.1, 0.15) is 16.8 Å². The summed E-state index contributed by atoms with van der Waals surface area (Å²) in [6.07, 6.45) is 3.60. The van der Waals surface area contributed by atoms with Gasteiger partial charge < -0.3 is 9.47 Å². The molecule has 3 aromatic rings. The predicted molar refractivity (Wildman–Crippen MR) is 109 cm³/mol. The molecule has 3 heterocycles. The molecule has 0 aliphatic carbocycles. The number of aryl methyl sites for hydroxylation is 1. The van der Waals surface area contributed by atoms with Gasteiger partial charge in [0.05, 0.1) is 24.0 Å². The van der Waals surface area contributed by atoms with E-state index in [1.165, 1.54) is 11.3 Å². The Morgan fingerprint density at radius 1 is 1.25 bits per heavy atom. The van der Waals surface area contributed by atoms with Crippen molar-refractivity contribution in [3.63, 3.8) is 0 Å². The second-order valence-electron chi connectivity index (χ2n) is 6.97. The average Bonchev–Trinajstić information content (AvgIpc) is 2.90. The summed E-state index contributed by atoms with van der Waals surface area (Å²) in [5.41, 5.74) is 5.33. The summed E-state index contributed by atoms with van der Waals surface area (Å²) in [6, 6.07) is 7.85. The third kappa shape index (κ3) is 3.70. The number of fused-ring (bicyclic) bond motifs is 1. The second-order valence-corrected chi connectivity index (χ2v) is 7.40. The van der Waals surface area contributed by atoms with E-state index in [9.17, 15) is 0 Å². The summed E-state index contributed by atoms with van der Waals surface area (Å²) >= 11 is 5.98. The molecule has 7 heteroatoms. The first-order valence-corrected chi connectivity index (χ1v) is 9.58. The molecule has 1 aliphatic rings. The molecular formula is C21H23ClN4O2. The number of nitrogens with zero attached hydrogens (tertiary/aromatic N) is 4. The summed E-state index contributed by atoms with van der Waals surface area (Å²) in [5.74, 6) is 1.54. The molecule has 1 aromatic carbocycles. The molecule has 4 rings (SSSR count). The van der Waals surface area contributed by atoms with Crippen molar-refractivity contribution in [2.75, 3.05) is 20.3 Å². The van der Waals surface area contributed by atoms with Crippen LogP contribution in [0.2, 0.25) is 5.02 Å². The number of benzene rings is 1. The Morgan fingerprint density at radius 2 is 2.11 bits per heavy atom. The molecule has 1 aliphatic heterocycles. The lowest BCUT2D eigenvalue weighted by Crippen LogP contribution is -2.25. The Morgan fingerprint density at radius 3 is 2.79 bits per heavy atom. The molecule has 0 spiro atoms. The van der Waals surface area contributed by atoms with Crippen LogP contribution in [-0.2, 0) is 20.1 Å². The van der Waals surface area contributed by atoms with Gasteiger partial charge in [0.1, 0.15) is 6.61 Å². The number of hydrogen-bond acceptors (Lipinski definition) is 5. The van der Waals surface area contributed by atoms with Gasteiger partial charge in [-0.05, 0) is 31.2 Å². The predicted octanol–water partition coefficient (Wildman–Crippen LogP) is 3.85. The van der Waals surface area contributed by atoms with E-state index in [1.54, 1.807) is 13.3 Å². The third-order valence-electron chi connectivity index (χ3n) is 5.15. The molecular weight excluding hydrogens is 376 g/mol. The first-order valence-electron chi connectivity index (χ1n) is 9.20. The zero-order valence-corrected chi connectivity index (χ0v) is 17.0. The minimum absolute atomic E-state index is 0.612. The standard InChI is InChI=1S/C21H23ClN4O2/c1-14-17(10-24-25(14)2)13-26-6-7-28-21-16(12-26)8-15(9-20(21)27-3)19-5-4-18(22)11-23-19/h4-5,8-11H,6-7,12-13H2,1-3H3. The van der Waals surface area contributed by atoms with Crippen LogP contribution < -0.4 is 9.47 Å². The maximum absolute atomic E-state index is 6.05. The van der Waals surface area contributed by atoms with Gasteiger partial charge in [0, 0.05) is 55.3 Å². The van der Waals surface area contributed by atoms with Crippen molar-refractivity contribution in [2.24, 2.45) is 7.05 Å². The Balaban J connectivity index is 1.67. The molecule has 0 N–H and O–H groups in total. The molecule has 6 nitrogen and oxygen atoms in total. The van der Waals surface area contributed by atoms with Gasteiger partial charge in [0.25, 0.3) is 0 Å². The Kier molecular flexibility index (Phi) is 5.24. The topological polar surface area (TPSA) is 52.4 Å². The van der Waals surface area contributed by atoms with Crippen molar-refractivity contribution in [3.05, 3.63) is 58.5 Å². The fourth-order valence-corrected chi connectivity index (χ4v) is 3.57. The first kappa shape index (κ1) is 18.8. The molecule has 146 valence electrons. The highest BCUT2D eigenvalue weighted by Gasteiger charge is 2.21. The van der Waals surface area contributed by atoms with Crippen LogP contribution in [0.4, 0.5) is 0 Å². The van der Waals surface area contributed by atoms with Crippen LogP contribution in [0.3, 0.4) is 0 Å². The number of methoxy groups -OCH3 is 1. The Hall–Kier alpha value is -2.57. The summed E-state index contributed by atoms with van der Waals surface area (Å²) in [6.45, 7) is 5.13. The number of rotatable bonds is 4. The average molecular weight is 399 g/mol. The van der Waals surface area contributed by atoms with E-state index in [2.05, 4.69) is 28.0 Å². The highest BCUT2D eigenvalue weighted by Crippen LogP contribution is 2.38. The van der Waals surface area contributed by atoms with Gasteiger partial charge in [0.2, 0.25) is 0 Å². The van der Waals surface area contributed by atoms with Crippen LogP contribution in [0, 0.1) is 6.92 Å². The first-order chi connectivity index (χ1) is 13.5. The van der Waals surface area contributed by atoms with Crippen LogP contribution >= 0.6 is 11.6 Å². The summed E-state index contributed by atoms with van der Waals surface area (Å²) in [4.78, 5) is 6.81. The van der Waals surface area contributed by atoms with Crippen molar-refractivity contribution in [1.29, 1.82) is 0 Å². The highest BCUT2D eigenvalue weighted by molar-refractivity contribution is 6.30. The van der Waals surface area contributed by atoms with Gasteiger partial charge in [-0.3, -0.25) is 14.6 Å². The minimum Gasteiger partial charge on any atom is -0.493 e. The zero-order chi connectivity index (χ0) is 19.7. The van der Waals surface area contributed by atoms with Crippen molar-refractivity contribution < 1.29 is 9.47 Å². The van der Waals surface area contributed by atoms with Crippen LogP contribution in [0.5, 0.6) is 11.5 Å². The van der Waals surface area contributed by atoms with Gasteiger partial charge in [-0.25, -0.2) is 0 Å². The lowest BCUT2D eigenvalue weighted by atomic mass is 10.0. The maximum atomic E-state index is 6.05. The SMILES string of the molecule is COc1cc(-c2ccc(Cl)cn2)cc2c1OCCN(Cc1cnn(C)c1C)C2. The number of aromatic nitrogens is 3. The van der Waals surface area contributed by atoms with E-state index in [0.717, 1.165) is 48.0 Å². The Labute approximate surface area is 169 Å². The molecule has 2 aromatic heterocycles. The lowest BCUT2D eigenvalue weighted by molar-refractivity contribution is 0.216. The van der Waals surface area contributed by atoms with Crippen LogP contribution in [0.15, 0.2) is 36.7 Å². The zero-order valence-electron chi connectivity index (χ0n) is 16.3. The number of hydrogen-bond donors (Lipinski definition) is 0. The monoisotopic (exact) mass is 398 g/mol. The van der Waals surface area contributed by atoms with Crippen molar-refractivity contribution in [2.45, 2.75) is 20.0 Å². The number of ether oxygens (including phenoxy) is 2. The minimum atomic E-state index is 0.612. The van der Waals surface area contributed by atoms with Gasteiger partial charge >= 0.3 is 0 Å². The largest absolute Gasteiger partial charge is 0.493 e. The molecule has 0 unspecified atom stereocenters. The fraction of sp³-hybridized carbons (Fsp3) is 0.333. The smallest absolute Gasteiger partial charge is 0.165 e. The van der Waals surface area contributed by atoms with Gasteiger partial charge in [-0.2, -0.15) is 5.10 Å². The van der Waals surface area contributed by atoms with Crippen molar-refractivity contribution in [3.8, 4) is 22.8 Å². The Bertz CT molecular complexity index is 985. The van der Waals surface area contributed by atoms with Gasteiger partial charge in [0.15, 0.2) is 11.5 Å². The summed E-state index contributed by atoms with van der Waals surface area (Å²) in [5, 5.41) is 4.97. The molecule has 0 amide bonds. The molecule has 0 atom stereocenters. The van der Waals surface area contributed by atoms with E-state index in [-0.39, 0.29) is 0 Å². The maximum Gasteiger partial charge on any atom is 0.165 e. The quantitative estimate of drug-likeness (QED) is 0.668. The van der Waals surface area contributed by atoms with Crippen LogP contribution in [-0.4, -0.2) is 39.9 Å². The van der Waals surface area contributed by atoms with Gasteiger partial charge in [-0.1, -0.05) is 11.6 Å². The fourth-order valence-electron chi connectivity index (χ4n) is 3.46.